The monoisotopic (exact) mass is 1100 g/mol. The summed E-state index contributed by atoms with van der Waals surface area (Å²) in [6.45, 7) is 4.03. The van der Waals surface area contributed by atoms with Gasteiger partial charge in [-0.15, -0.1) is 0 Å². The Balaban J connectivity index is 0.690. The second kappa shape index (κ2) is 20.7. The molecule has 4 aliphatic rings. The molecule has 0 aliphatic carbocycles. The van der Waals surface area contributed by atoms with Gasteiger partial charge in [0.15, 0.2) is 0 Å². The highest BCUT2D eigenvalue weighted by Gasteiger charge is 2.33. The first-order chi connectivity index (χ1) is 42.4. The second-order valence-corrected chi connectivity index (χ2v) is 21.8. The number of hydrogen-bond acceptors (Lipinski definition) is 12. The summed E-state index contributed by atoms with van der Waals surface area (Å²) >= 11 is 0. The van der Waals surface area contributed by atoms with Crippen LogP contribution in [0, 0.1) is 13.8 Å². The van der Waals surface area contributed by atoms with Crippen LogP contribution in [0.3, 0.4) is 0 Å². The summed E-state index contributed by atoms with van der Waals surface area (Å²) in [7, 11) is 2.10. The van der Waals surface area contributed by atoms with Crippen LogP contribution in [0.5, 0.6) is 23.0 Å². The molecule has 0 unspecified atom stereocenters. The number of fused-ring (bicyclic) bond motifs is 4. The van der Waals surface area contributed by atoms with Crippen LogP contribution in [0.25, 0.3) is 22.3 Å². The van der Waals surface area contributed by atoms with Gasteiger partial charge in [0.05, 0.1) is 71.2 Å². The first-order valence-electron chi connectivity index (χ1n) is 29.7. The summed E-state index contributed by atoms with van der Waals surface area (Å²) in [6.07, 6.45) is 7.09. The smallest absolute Gasteiger partial charge is 0.130 e. The van der Waals surface area contributed by atoms with E-state index >= 15 is 0 Å². The quantitative estimate of drug-likeness (QED) is 0.117. The van der Waals surface area contributed by atoms with Crippen molar-refractivity contribution in [3.05, 3.63) is 254 Å². The minimum Gasteiger partial charge on any atom is -0.457 e. The lowest BCUT2D eigenvalue weighted by Gasteiger charge is -2.25. The normalized spacial score (nSPS) is 14.7. The van der Waals surface area contributed by atoms with E-state index in [4.69, 9.17) is 13.6 Å². The zero-order chi connectivity index (χ0) is 58.9. The zero-order valence-electron chi connectivity index (χ0n) is 49.7. The Bertz CT molecular complexity index is 4420. The van der Waals surface area contributed by atoms with Crippen LogP contribution < -0.4 is 48.7 Å². The SMILES string of the molecule is [2H]C([2H])([2H])N1CN(c2cc(Oc3cccc(N4CN(c5ccc(N6CN(c7cccc(Oc8cc(-c9ccccc9)cc(N9CN(C)c%10cnccc%109)c8)c7)c7cc(C)c(C)cc76)cc5)c5ccccc54)c3)cc(-c3ccccc3)c2)c2ccncc21. The molecule has 410 valence electrons. The molecule has 4 aliphatic heterocycles. The third-order valence-electron chi connectivity index (χ3n) is 16.5. The van der Waals surface area contributed by atoms with Gasteiger partial charge in [0.25, 0.3) is 0 Å². The maximum absolute atomic E-state index is 8.33. The molecule has 9 aromatic carbocycles. The van der Waals surface area contributed by atoms with Crippen molar-refractivity contribution < 1.29 is 13.6 Å². The van der Waals surface area contributed by atoms with Crippen LogP contribution in [0.2, 0.25) is 0 Å². The lowest BCUT2D eigenvalue weighted by molar-refractivity contribution is 0.482. The molecule has 11 aromatic rings. The van der Waals surface area contributed by atoms with Gasteiger partial charge >= 0.3 is 0 Å². The topological polar surface area (TPSA) is 70.2 Å². The Labute approximate surface area is 494 Å². The number of anilines is 14. The fourth-order valence-electron chi connectivity index (χ4n) is 12.1. The minimum absolute atomic E-state index is 0.135. The van der Waals surface area contributed by atoms with Crippen molar-refractivity contribution in [2.24, 2.45) is 0 Å². The van der Waals surface area contributed by atoms with E-state index in [0.29, 0.717) is 37.2 Å². The highest BCUT2D eigenvalue weighted by Crippen LogP contribution is 2.50. The molecule has 0 fully saturated rings. The standard InChI is InChI=1S/C72H60N10O2/c1-49-33-69-70(34-50(49)2)82(58-20-14-22-62(40-58)84-64-38-54(52-17-9-6-10-18-52)36-60(42-64)78-46-76(4)72-44-74-32-30-68(72)78)48-80(69)56-27-25-55(26-28-56)79-47-81(66-24-12-11-23-65(66)79)57-19-13-21-61(39-57)83-63-37-53(51-15-7-5-8-16-51)35-59(41-63)77-45-75(3)71-43-73-31-29-67(71)77/h5-44H,45-48H2,1-4H3/i3D3. The summed E-state index contributed by atoms with van der Waals surface area (Å²) < 4.78 is 38.7. The van der Waals surface area contributed by atoms with Gasteiger partial charge in [-0.25, -0.2) is 0 Å². The Morgan fingerprint density at radius 2 is 0.726 bits per heavy atom. The number of nitrogens with zero attached hydrogens (tertiary/aromatic N) is 10. The lowest BCUT2D eigenvalue weighted by atomic mass is 10.0. The van der Waals surface area contributed by atoms with Crippen molar-refractivity contribution in [2.45, 2.75) is 13.8 Å². The van der Waals surface area contributed by atoms with Gasteiger partial charge in [-0.3, -0.25) is 9.97 Å². The average Bonchev–Trinajstić information content (AvgIpc) is 3.47. The number of benzene rings is 9. The fraction of sp³-hybridized carbons (Fsp3) is 0.111. The van der Waals surface area contributed by atoms with E-state index in [2.05, 4.69) is 218 Å². The largest absolute Gasteiger partial charge is 0.457 e. The predicted octanol–water partition coefficient (Wildman–Crippen LogP) is 17.6. The average molecular weight is 1100 g/mol. The first kappa shape index (κ1) is 47.0. The number of hydrogen-bond donors (Lipinski definition) is 0. The molecule has 2 aromatic heterocycles. The maximum atomic E-state index is 8.33. The summed E-state index contributed by atoms with van der Waals surface area (Å²) in [5.41, 5.74) is 20.6. The van der Waals surface area contributed by atoms with Crippen molar-refractivity contribution in [2.75, 3.05) is 79.9 Å². The van der Waals surface area contributed by atoms with Gasteiger partial charge in [-0.05, 0) is 156 Å². The molecule has 84 heavy (non-hydrogen) atoms. The van der Waals surface area contributed by atoms with E-state index in [-0.39, 0.29) is 6.67 Å². The van der Waals surface area contributed by atoms with Crippen LogP contribution in [-0.2, 0) is 0 Å². The zero-order valence-corrected chi connectivity index (χ0v) is 46.7. The molecule has 0 bridgehead atoms. The molecular formula is C72H60N10O2. The maximum Gasteiger partial charge on any atom is 0.130 e. The highest BCUT2D eigenvalue weighted by molar-refractivity contribution is 5.91. The first-order valence-corrected chi connectivity index (χ1v) is 28.2. The number of aromatic nitrogens is 2. The molecular weight excluding hydrogens is 1040 g/mol. The van der Waals surface area contributed by atoms with Gasteiger partial charge < -0.3 is 48.7 Å². The Morgan fingerprint density at radius 1 is 0.321 bits per heavy atom. The molecule has 6 heterocycles. The minimum atomic E-state index is -2.35. The number of aryl methyl sites for hydroxylation is 2. The molecule has 15 rings (SSSR count). The Hall–Kier alpha value is -10.7. The second-order valence-electron chi connectivity index (χ2n) is 21.8. The van der Waals surface area contributed by atoms with Crippen LogP contribution in [0.4, 0.5) is 79.6 Å². The third kappa shape index (κ3) is 9.14. The van der Waals surface area contributed by atoms with E-state index in [1.54, 1.807) is 12.4 Å². The predicted molar refractivity (Wildman–Crippen MR) is 343 cm³/mol. The van der Waals surface area contributed by atoms with Crippen LogP contribution in [0.15, 0.2) is 243 Å². The summed E-state index contributed by atoms with van der Waals surface area (Å²) in [5.74, 6) is 2.79. The molecule has 0 N–H and O–H groups in total. The van der Waals surface area contributed by atoms with E-state index in [0.717, 1.165) is 108 Å². The van der Waals surface area contributed by atoms with E-state index in [1.807, 2.05) is 78.0 Å². The molecule has 12 nitrogen and oxygen atoms in total. The molecule has 0 saturated heterocycles. The van der Waals surface area contributed by atoms with Crippen LogP contribution >= 0.6 is 0 Å². The molecule has 0 saturated carbocycles. The molecule has 0 spiro atoms. The number of ether oxygens (including phenoxy) is 2. The van der Waals surface area contributed by atoms with Crippen molar-refractivity contribution in [1.29, 1.82) is 0 Å². The lowest BCUT2D eigenvalue weighted by Crippen LogP contribution is -2.25. The molecule has 0 amide bonds. The highest BCUT2D eigenvalue weighted by atomic mass is 16.5. The van der Waals surface area contributed by atoms with Crippen molar-refractivity contribution in [3.63, 3.8) is 0 Å². The Morgan fingerprint density at radius 3 is 1.23 bits per heavy atom. The number of rotatable bonds is 12. The number of para-hydroxylation sites is 2. The third-order valence-corrected chi connectivity index (χ3v) is 16.5. The van der Waals surface area contributed by atoms with E-state index in [9.17, 15) is 0 Å². The number of pyridine rings is 2. The fourth-order valence-corrected chi connectivity index (χ4v) is 12.1. The van der Waals surface area contributed by atoms with Gasteiger partial charge in [-0.2, -0.15) is 0 Å². The summed E-state index contributed by atoms with van der Waals surface area (Å²) in [6, 6.07) is 75.9. The van der Waals surface area contributed by atoms with E-state index in [1.165, 1.54) is 16.0 Å². The van der Waals surface area contributed by atoms with Gasteiger partial charge in [-0.1, -0.05) is 84.9 Å². The van der Waals surface area contributed by atoms with Gasteiger partial charge in [0.2, 0.25) is 0 Å². The Kier molecular flexibility index (Phi) is 11.6. The van der Waals surface area contributed by atoms with Crippen LogP contribution in [0.1, 0.15) is 15.2 Å². The molecule has 0 radical (unpaired) electrons. The molecule has 0 atom stereocenters. The summed E-state index contributed by atoms with van der Waals surface area (Å²) in [4.78, 5) is 26.1. The molecule has 12 heteroatoms. The van der Waals surface area contributed by atoms with Crippen LogP contribution in [-0.4, -0.2) is 50.7 Å². The van der Waals surface area contributed by atoms with Crippen molar-refractivity contribution in [3.8, 4) is 45.3 Å². The van der Waals surface area contributed by atoms with E-state index < -0.39 is 6.98 Å². The van der Waals surface area contributed by atoms with Crippen molar-refractivity contribution >= 4 is 79.6 Å². The summed E-state index contributed by atoms with van der Waals surface area (Å²) in [5, 5.41) is 0. The van der Waals surface area contributed by atoms with Crippen molar-refractivity contribution in [1.82, 2.24) is 9.97 Å². The van der Waals surface area contributed by atoms with Gasteiger partial charge in [0, 0.05) is 88.9 Å². The van der Waals surface area contributed by atoms with Gasteiger partial charge in [0.1, 0.15) is 36.3 Å².